The van der Waals surface area contributed by atoms with Gasteiger partial charge in [-0.3, -0.25) is 9.69 Å². The highest BCUT2D eigenvalue weighted by Crippen LogP contribution is 2.22. The molecule has 0 aromatic heterocycles. The van der Waals surface area contributed by atoms with E-state index in [4.69, 9.17) is 0 Å². The first-order valence-electron chi connectivity index (χ1n) is 8.93. The van der Waals surface area contributed by atoms with Gasteiger partial charge < -0.3 is 10.4 Å². The van der Waals surface area contributed by atoms with E-state index in [9.17, 15) is 9.90 Å². The van der Waals surface area contributed by atoms with Crippen molar-refractivity contribution in [3.05, 3.63) is 65.7 Å². The molecule has 0 bridgehead atoms. The molecule has 1 amide bonds. The molecule has 3 rings (SSSR count). The van der Waals surface area contributed by atoms with Crippen molar-refractivity contribution in [2.45, 2.75) is 32.4 Å². The molecule has 4 nitrogen and oxygen atoms in total. The average Bonchev–Trinajstić information content (AvgIpc) is 3.04. The van der Waals surface area contributed by atoms with Crippen LogP contribution < -0.4 is 5.32 Å². The number of aromatic hydroxyl groups is 1. The van der Waals surface area contributed by atoms with E-state index in [1.54, 1.807) is 18.2 Å². The Balaban J connectivity index is 1.47. The summed E-state index contributed by atoms with van der Waals surface area (Å²) in [6.45, 7) is 5.16. The molecule has 1 heterocycles. The lowest BCUT2D eigenvalue weighted by Crippen LogP contribution is -2.40. The third kappa shape index (κ3) is 5.07. The van der Waals surface area contributed by atoms with Crippen LogP contribution in [0.2, 0.25) is 0 Å². The van der Waals surface area contributed by atoms with Gasteiger partial charge >= 0.3 is 0 Å². The summed E-state index contributed by atoms with van der Waals surface area (Å²) < 4.78 is 0. The van der Waals surface area contributed by atoms with Gasteiger partial charge in [0.15, 0.2) is 0 Å². The van der Waals surface area contributed by atoms with Crippen LogP contribution in [0.4, 0.5) is 0 Å². The number of likely N-dealkylation sites (tertiary alicyclic amines) is 1. The average molecular weight is 338 g/mol. The summed E-state index contributed by atoms with van der Waals surface area (Å²) in [6, 6.07) is 17.6. The molecule has 2 aromatic rings. The van der Waals surface area contributed by atoms with Gasteiger partial charge in [0.1, 0.15) is 5.75 Å². The third-order valence-electron chi connectivity index (χ3n) is 4.93. The summed E-state index contributed by atoms with van der Waals surface area (Å²) in [6.07, 6.45) is 1.42. The van der Waals surface area contributed by atoms with Crippen LogP contribution in [0.15, 0.2) is 54.6 Å². The van der Waals surface area contributed by atoms with Gasteiger partial charge in [0.2, 0.25) is 5.91 Å². The molecule has 25 heavy (non-hydrogen) atoms. The van der Waals surface area contributed by atoms with E-state index in [1.807, 2.05) is 12.1 Å². The van der Waals surface area contributed by atoms with Crippen molar-refractivity contribution >= 4 is 5.91 Å². The first-order valence-corrected chi connectivity index (χ1v) is 8.93. The second-order valence-electron chi connectivity index (χ2n) is 6.97. The number of nitrogens with zero attached hydrogens (tertiary/aromatic N) is 1. The number of rotatable bonds is 6. The number of hydrogen-bond acceptors (Lipinski definition) is 3. The number of hydrogen-bond donors (Lipinski definition) is 2. The van der Waals surface area contributed by atoms with Crippen LogP contribution in [-0.2, 0) is 17.8 Å². The van der Waals surface area contributed by atoms with Crippen LogP contribution >= 0.6 is 0 Å². The topological polar surface area (TPSA) is 52.6 Å². The van der Waals surface area contributed by atoms with Gasteiger partial charge in [-0.05, 0) is 49.1 Å². The lowest BCUT2D eigenvalue weighted by Gasteiger charge is -2.22. The molecule has 2 aromatic carbocycles. The zero-order valence-electron chi connectivity index (χ0n) is 14.7. The largest absolute Gasteiger partial charge is 0.508 e. The van der Waals surface area contributed by atoms with E-state index in [2.05, 4.69) is 41.4 Å². The van der Waals surface area contributed by atoms with E-state index in [-0.39, 0.29) is 17.7 Å². The molecule has 1 fully saturated rings. The zero-order valence-corrected chi connectivity index (χ0v) is 14.7. The van der Waals surface area contributed by atoms with E-state index >= 15 is 0 Å². The van der Waals surface area contributed by atoms with Crippen LogP contribution in [0.5, 0.6) is 5.75 Å². The third-order valence-corrected chi connectivity index (χ3v) is 4.93. The summed E-state index contributed by atoms with van der Waals surface area (Å²) >= 11 is 0. The summed E-state index contributed by atoms with van der Waals surface area (Å²) in [5.74, 6) is 0.696. The SMILES string of the molecule is C[C@H](NC(=O)Cc1cccc(O)c1)[C@@H]1CCN(Cc2ccccc2)C1. The number of phenols is 1. The molecule has 2 N–H and O–H groups in total. The standard InChI is InChI=1S/C21H26N2O2/c1-16(22-21(25)13-18-8-5-9-20(24)12-18)19-10-11-23(15-19)14-17-6-3-2-4-7-17/h2-9,12,16,19,24H,10-11,13-15H2,1H3,(H,22,25)/t16-,19+/m0/s1. The Labute approximate surface area is 149 Å². The van der Waals surface area contributed by atoms with Gasteiger partial charge in [-0.1, -0.05) is 42.5 Å². The van der Waals surface area contributed by atoms with E-state index < -0.39 is 0 Å². The fraction of sp³-hybridized carbons (Fsp3) is 0.381. The molecular formula is C21H26N2O2. The molecule has 4 heteroatoms. The normalized spacial score (nSPS) is 18.8. The van der Waals surface area contributed by atoms with Crippen LogP contribution in [-0.4, -0.2) is 35.0 Å². The van der Waals surface area contributed by atoms with Gasteiger partial charge in [0.05, 0.1) is 6.42 Å². The highest BCUT2D eigenvalue weighted by molar-refractivity contribution is 5.79. The van der Waals surface area contributed by atoms with E-state index in [0.717, 1.165) is 31.6 Å². The molecular weight excluding hydrogens is 312 g/mol. The first-order chi connectivity index (χ1) is 12.1. The van der Waals surface area contributed by atoms with Crippen LogP contribution in [0.3, 0.4) is 0 Å². The minimum absolute atomic E-state index is 0.0135. The molecule has 0 radical (unpaired) electrons. The molecule has 1 aliphatic heterocycles. The van der Waals surface area contributed by atoms with Gasteiger partial charge in [-0.2, -0.15) is 0 Å². The maximum atomic E-state index is 12.3. The molecule has 1 aliphatic rings. The number of amides is 1. The number of carbonyl (C=O) groups is 1. The van der Waals surface area contributed by atoms with E-state index in [1.165, 1.54) is 5.56 Å². The van der Waals surface area contributed by atoms with Crippen molar-refractivity contribution in [3.63, 3.8) is 0 Å². The van der Waals surface area contributed by atoms with Crippen molar-refractivity contribution in [1.82, 2.24) is 10.2 Å². The highest BCUT2D eigenvalue weighted by Gasteiger charge is 2.27. The molecule has 2 atom stereocenters. The Morgan fingerprint density at radius 3 is 2.72 bits per heavy atom. The van der Waals surface area contributed by atoms with Crippen molar-refractivity contribution < 1.29 is 9.90 Å². The number of carbonyl (C=O) groups excluding carboxylic acids is 1. The summed E-state index contributed by atoms with van der Waals surface area (Å²) in [4.78, 5) is 14.7. The minimum Gasteiger partial charge on any atom is -0.508 e. The molecule has 0 saturated carbocycles. The van der Waals surface area contributed by atoms with Crippen molar-refractivity contribution in [3.8, 4) is 5.75 Å². The summed E-state index contributed by atoms with van der Waals surface area (Å²) in [5.41, 5.74) is 2.17. The lowest BCUT2D eigenvalue weighted by atomic mass is 10.00. The number of nitrogens with one attached hydrogen (secondary N) is 1. The van der Waals surface area contributed by atoms with Gasteiger partial charge in [0.25, 0.3) is 0 Å². The van der Waals surface area contributed by atoms with Gasteiger partial charge in [-0.15, -0.1) is 0 Å². The maximum Gasteiger partial charge on any atom is 0.224 e. The quantitative estimate of drug-likeness (QED) is 0.851. The smallest absolute Gasteiger partial charge is 0.224 e. The van der Waals surface area contributed by atoms with E-state index in [0.29, 0.717) is 12.3 Å². The predicted octanol–water partition coefficient (Wildman–Crippen LogP) is 2.96. The molecule has 1 saturated heterocycles. The Bertz CT molecular complexity index is 702. The fourth-order valence-corrected chi connectivity index (χ4v) is 3.53. The van der Waals surface area contributed by atoms with Gasteiger partial charge in [-0.25, -0.2) is 0 Å². The predicted molar refractivity (Wildman–Crippen MR) is 99.2 cm³/mol. The number of phenolic OH excluding ortho intramolecular Hbond substituents is 1. The summed E-state index contributed by atoms with van der Waals surface area (Å²) in [5, 5.41) is 12.6. The molecule has 0 unspecified atom stereocenters. The Hall–Kier alpha value is -2.33. The maximum absolute atomic E-state index is 12.3. The first kappa shape index (κ1) is 17.5. The Morgan fingerprint density at radius 2 is 1.96 bits per heavy atom. The zero-order chi connectivity index (χ0) is 17.6. The highest BCUT2D eigenvalue weighted by atomic mass is 16.3. The second-order valence-corrected chi connectivity index (χ2v) is 6.97. The molecule has 132 valence electrons. The summed E-state index contributed by atoms with van der Waals surface area (Å²) in [7, 11) is 0. The van der Waals surface area contributed by atoms with Crippen molar-refractivity contribution in [2.75, 3.05) is 13.1 Å². The van der Waals surface area contributed by atoms with Gasteiger partial charge in [0, 0.05) is 19.1 Å². The molecule has 0 aliphatic carbocycles. The second kappa shape index (κ2) is 8.17. The van der Waals surface area contributed by atoms with Crippen LogP contribution in [0.1, 0.15) is 24.5 Å². The monoisotopic (exact) mass is 338 g/mol. The van der Waals surface area contributed by atoms with Crippen LogP contribution in [0.25, 0.3) is 0 Å². The lowest BCUT2D eigenvalue weighted by molar-refractivity contribution is -0.121. The Kier molecular flexibility index (Phi) is 5.71. The number of benzene rings is 2. The fourth-order valence-electron chi connectivity index (χ4n) is 3.53. The van der Waals surface area contributed by atoms with Crippen molar-refractivity contribution in [2.24, 2.45) is 5.92 Å². The Morgan fingerprint density at radius 1 is 1.20 bits per heavy atom. The minimum atomic E-state index is 0.0135. The van der Waals surface area contributed by atoms with Crippen LogP contribution in [0, 0.1) is 5.92 Å². The van der Waals surface area contributed by atoms with Crippen molar-refractivity contribution in [1.29, 1.82) is 0 Å². The molecule has 0 spiro atoms.